The molecule has 1 fully saturated rings. The van der Waals surface area contributed by atoms with Crippen LogP contribution >= 0.6 is 0 Å². The Kier molecular flexibility index (Phi) is 3.99. The second-order valence-corrected chi connectivity index (χ2v) is 2.84. The van der Waals surface area contributed by atoms with Gasteiger partial charge in [-0.15, -0.1) is 0 Å². The van der Waals surface area contributed by atoms with Crippen LogP contribution in [0.5, 0.6) is 0 Å². The summed E-state index contributed by atoms with van der Waals surface area (Å²) in [6, 6.07) is 0. The lowest BCUT2D eigenvalue weighted by Gasteiger charge is -2.32. The van der Waals surface area contributed by atoms with Crippen molar-refractivity contribution in [2.45, 2.75) is 0 Å². The number of nitrogens with zero attached hydrogens (tertiary/aromatic N) is 2. The minimum atomic E-state index is 0.612. The molecular weight excluding hydrogens is 151 g/mol. The number of terminal acetylenes is 1. The molecule has 3 nitrogen and oxygen atoms in total. The van der Waals surface area contributed by atoms with Crippen LogP contribution in [0.15, 0.2) is 0 Å². The van der Waals surface area contributed by atoms with Gasteiger partial charge in [-0.3, -0.25) is 4.90 Å². The van der Waals surface area contributed by atoms with Crippen LogP contribution in [-0.4, -0.2) is 57.0 Å². The second kappa shape index (κ2) is 5.07. The van der Waals surface area contributed by atoms with Crippen LogP contribution in [0, 0.1) is 12.5 Å². The standard InChI is InChI=1S/C8H13BN2O/c1-2-12-8-7-10-3-5-11(9)6-4-10/h1H,3-8H2. The third-order valence-electron chi connectivity index (χ3n) is 2.00. The van der Waals surface area contributed by atoms with E-state index in [1.54, 1.807) is 0 Å². The van der Waals surface area contributed by atoms with Gasteiger partial charge in [-0.25, -0.2) is 0 Å². The molecule has 0 amide bonds. The fourth-order valence-electron chi connectivity index (χ4n) is 1.22. The lowest BCUT2D eigenvalue weighted by atomic mass is 10.2. The fourth-order valence-corrected chi connectivity index (χ4v) is 1.22. The summed E-state index contributed by atoms with van der Waals surface area (Å²) < 4.78 is 4.80. The van der Waals surface area contributed by atoms with E-state index in [-0.39, 0.29) is 0 Å². The van der Waals surface area contributed by atoms with E-state index < -0.39 is 0 Å². The summed E-state index contributed by atoms with van der Waals surface area (Å²) in [5.74, 6) is 0. The molecule has 0 saturated carbocycles. The summed E-state index contributed by atoms with van der Waals surface area (Å²) in [4.78, 5) is 4.12. The summed E-state index contributed by atoms with van der Waals surface area (Å²) in [6.45, 7) is 5.38. The smallest absolute Gasteiger partial charge is 0.182 e. The van der Waals surface area contributed by atoms with Crippen LogP contribution < -0.4 is 0 Å². The first-order chi connectivity index (χ1) is 5.83. The Labute approximate surface area is 75.1 Å². The van der Waals surface area contributed by atoms with Crippen molar-refractivity contribution in [2.24, 2.45) is 0 Å². The first-order valence-electron chi connectivity index (χ1n) is 4.12. The first kappa shape index (κ1) is 9.43. The largest absolute Gasteiger partial charge is 0.445 e. The van der Waals surface area contributed by atoms with E-state index in [4.69, 9.17) is 19.1 Å². The summed E-state index contributed by atoms with van der Waals surface area (Å²) in [5, 5.41) is 0. The molecule has 1 rings (SSSR count). The molecular formula is C8H13BN2O. The Morgan fingerprint density at radius 1 is 1.33 bits per heavy atom. The van der Waals surface area contributed by atoms with Crippen LogP contribution in [0.4, 0.5) is 0 Å². The topological polar surface area (TPSA) is 15.7 Å². The van der Waals surface area contributed by atoms with Crippen molar-refractivity contribution in [1.29, 1.82) is 0 Å². The molecule has 0 aromatic carbocycles. The van der Waals surface area contributed by atoms with Gasteiger partial charge >= 0.3 is 0 Å². The van der Waals surface area contributed by atoms with Crippen LogP contribution in [0.3, 0.4) is 0 Å². The minimum absolute atomic E-state index is 0.612. The molecule has 1 aliphatic rings. The third kappa shape index (κ3) is 3.16. The van der Waals surface area contributed by atoms with Gasteiger partial charge in [-0.2, -0.15) is 0 Å². The van der Waals surface area contributed by atoms with Gasteiger partial charge in [0.2, 0.25) is 0 Å². The molecule has 1 saturated heterocycles. The number of ether oxygens (including phenoxy) is 1. The molecule has 0 unspecified atom stereocenters. The second-order valence-electron chi connectivity index (χ2n) is 2.84. The zero-order valence-corrected chi connectivity index (χ0v) is 7.20. The lowest BCUT2D eigenvalue weighted by molar-refractivity contribution is 0.150. The van der Waals surface area contributed by atoms with Gasteiger partial charge in [0.05, 0.1) is 0 Å². The van der Waals surface area contributed by atoms with Gasteiger partial charge < -0.3 is 9.55 Å². The highest BCUT2D eigenvalue weighted by Gasteiger charge is 2.12. The van der Waals surface area contributed by atoms with Crippen LogP contribution in [0.2, 0.25) is 0 Å². The van der Waals surface area contributed by atoms with Gasteiger partial charge in [0.15, 0.2) is 7.98 Å². The summed E-state index contributed by atoms with van der Waals surface area (Å²) in [7, 11) is 5.59. The Morgan fingerprint density at radius 3 is 2.58 bits per heavy atom. The zero-order chi connectivity index (χ0) is 8.81. The Bertz CT molecular complexity index is 161. The highest BCUT2D eigenvalue weighted by atomic mass is 16.5. The fraction of sp³-hybridized carbons (Fsp3) is 0.750. The van der Waals surface area contributed by atoms with Gasteiger partial charge in [0.1, 0.15) is 12.7 Å². The van der Waals surface area contributed by atoms with E-state index in [1.165, 1.54) is 0 Å². The molecule has 0 N–H and O–H groups in total. The van der Waals surface area contributed by atoms with Gasteiger partial charge in [0, 0.05) is 19.6 Å². The number of hydrogen-bond acceptors (Lipinski definition) is 3. The maximum absolute atomic E-state index is 5.59. The van der Waals surface area contributed by atoms with E-state index >= 15 is 0 Å². The molecule has 0 atom stereocenters. The van der Waals surface area contributed by atoms with Crippen LogP contribution in [0.25, 0.3) is 0 Å². The van der Waals surface area contributed by atoms with E-state index in [2.05, 4.69) is 11.0 Å². The summed E-state index contributed by atoms with van der Waals surface area (Å²) >= 11 is 0. The predicted molar refractivity (Wildman–Crippen MR) is 48.6 cm³/mol. The highest BCUT2D eigenvalue weighted by molar-refractivity contribution is 6.04. The molecule has 4 heteroatoms. The minimum Gasteiger partial charge on any atom is -0.445 e. The number of piperazine rings is 1. The zero-order valence-electron chi connectivity index (χ0n) is 7.20. The van der Waals surface area contributed by atoms with Crippen molar-refractivity contribution < 1.29 is 4.74 Å². The number of hydrogen-bond donors (Lipinski definition) is 0. The Balaban J connectivity index is 2.06. The first-order valence-corrected chi connectivity index (χ1v) is 4.12. The predicted octanol–water partition coefficient (Wildman–Crippen LogP) is -0.705. The van der Waals surface area contributed by atoms with Crippen molar-refractivity contribution in [1.82, 2.24) is 9.71 Å². The van der Waals surface area contributed by atoms with Gasteiger partial charge in [-0.1, -0.05) is 6.42 Å². The molecule has 12 heavy (non-hydrogen) atoms. The highest BCUT2D eigenvalue weighted by Crippen LogP contribution is 1.97. The molecule has 1 heterocycles. The summed E-state index contributed by atoms with van der Waals surface area (Å²) in [5.41, 5.74) is 0. The van der Waals surface area contributed by atoms with Crippen molar-refractivity contribution in [3.63, 3.8) is 0 Å². The normalized spacial score (nSPS) is 20.2. The molecule has 1 aliphatic heterocycles. The molecule has 0 aromatic rings. The molecule has 64 valence electrons. The van der Waals surface area contributed by atoms with Crippen molar-refractivity contribution >= 4 is 7.98 Å². The van der Waals surface area contributed by atoms with Crippen LogP contribution in [-0.2, 0) is 4.74 Å². The molecule has 2 radical (unpaired) electrons. The Hall–Kier alpha value is -0.655. The van der Waals surface area contributed by atoms with Crippen molar-refractivity contribution in [2.75, 3.05) is 39.3 Å². The SMILES string of the molecule is [B]N1CCN(CCOC#C)CC1. The molecule has 0 bridgehead atoms. The van der Waals surface area contributed by atoms with E-state index in [0.717, 1.165) is 32.7 Å². The van der Waals surface area contributed by atoms with E-state index in [9.17, 15) is 0 Å². The quantitative estimate of drug-likeness (QED) is 0.311. The van der Waals surface area contributed by atoms with Gasteiger partial charge in [0.25, 0.3) is 0 Å². The van der Waals surface area contributed by atoms with E-state index in [1.807, 2.05) is 4.81 Å². The van der Waals surface area contributed by atoms with Crippen LogP contribution in [0.1, 0.15) is 0 Å². The maximum atomic E-state index is 5.59. The monoisotopic (exact) mass is 164 g/mol. The average Bonchev–Trinajstić information content (AvgIpc) is 2.09. The summed E-state index contributed by atoms with van der Waals surface area (Å²) in [6.07, 6.45) is 7.10. The van der Waals surface area contributed by atoms with Crippen molar-refractivity contribution in [3.05, 3.63) is 0 Å². The Morgan fingerprint density at radius 2 is 2.00 bits per heavy atom. The lowest BCUT2D eigenvalue weighted by Crippen LogP contribution is -2.46. The van der Waals surface area contributed by atoms with Gasteiger partial charge in [-0.05, 0) is 13.1 Å². The third-order valence-corrected chi connectivity index (χ3v) is 2.00. The maximum Gasteiger partial charge on any atom is 0.182 e. The molecule has 0 aromatic heterocycles. The van der Waals surface area contributed by atoms with Crippen molar-refractivity contribution in [3.8, 4) is 12.5 Å². The van der Waals surface area contributed by atoms with E-state index in [0.29, 0.717) is 6.61 Å². The molecule has 0 spiro atoms. The average molecular weight is 164 g/mol. The number of rotatable bonds is 3. The molecule has 0 aliphatic carbocycles.